The van der Waals surface area contributed by atoms with Gasteiger partial charge in [0, 0.05) is 19.6 Å². The molecule has 2 rings (SSSR count). The van der Waals surface area contributed by atoms with Gasteiger partial charge in [0.25, 0.3) is 0 Å². The van der Waals surface area contributed by atoms with Crippen LogP contribution in [0.5, 0.6) is 0 Å². The zero-order valence-corrected chi connectivity index (χ0v) is 10.4. The molecule has 0 aromatic heterocycles. The first-order chi connectivity index (χ1) is 8.57. The van der Waals surface area contributed by atoms with Crippen LogP contribution in [0.3, 0.4) is 0 Å². The van der Waals surface area contributed by atoms with Crippen LogP contribution in [0.15, 0.2) is 30.3 Å². The van der Waals surface area contributed by atoms with Crippen molar-refractivity contribution in [1.82, 2.24) is 4.90 Å². The van der Waals surface area contributed by atoms with E-state index in [1.807, 2.05) is 18.2 Å². The van der Waals surface area contributed by atoms with Crippen LogP contribution >= 0.6 is 0 Å². The van der Waals surface area contributed by atoms with Gasteiger partial charge in [-0.15, -0.1) is 0 Å². The minimum atomic E-state index is -1.01. The predicted molar refractivity (Wildman–Crippen MR) is 75.3 cm³/mol. The van der Waals surface area contributed by atoms with Crippen molar-refractivity contribution in [3.63, 3.8) is 0 Å². The van der Waals surface area contributed by atoms with E-state index in [0.29, 0.717) is 12.8 Å². The maximum atomic E-state index is 10.7. The molecule has 100 valence electrons. The Labute approximate surface area is 125 Å². The van der Waals surface area contributed by atoms with E-state index >= 15 is 0 Å². The molecule has 0 bridgehead atoms. The Morgan fingerprint density at radius 1 is 1.21 bits per heavy atom. The Kier molecular flexibility index (Phi) is 6.09. The monoisotopic (exact) mass is 257 g/mol. The molecule has 1 aliphatic heterocycles. The van der Waals surface area contributed by atoms with Crippen molar-refractivity contribution in [2.45, 2.75) is 31.4 Å². The van der Waals surface area contributed by atoms with Crippen LogP contribution in [0.1, 0.15) is 24.8 Å². The van der Waals surface area contributed by atoms with E-state index < -0.39 is 11.6 Å². The fourth-order valence-corrected chi connectivity index (χ4v) is 2.43. The first kappa shape index (κ1) is 16.3. The molecule has 0 aliphatic carbocycles. The first-order valence-corrected chi connectivity index (χ1v) is 6.28. The van der Waals surface area contributed by atoms with Crippen molar-refractivity contribution in [1.29, 1.82) is 0 Å². The van der Waals surface area contributed by atoms with Gasteiger partial charge in [-0.05, 0) is 18.4 Å². The number of benzene rings is 1. The molecule has 1 aromatic carbocycles. The van der Waals surface area contributed by atoms with Gasteiger partial charge in [0.05, 0.1) is 12.0 Å². The van der Waals surface area contributed by atoms with Crippen LogP contribution in [0.2, 0.25) is 0 Å². The fraction of sp³-hybridized carbons (Fsp3) is 0.500. The van der Waals surface area contributed by atoms with Crippen LogP contribution in [0.4, 0.5) is 0 Å². The number of nitrogens with zero attached hydrogens (tertiary/aromatic N) is 1. The molecular formula is C14H20LiNO3. The van der Waals surface area contributed by atoms with Crippen LogP contribution in [0.25, 0.3) is 0 Å². The maximum absolute atomic E-state index is 10.7. The molecule has 2 N–H and O–H groups in total. The molecule has 5 heteroatoms. The van der Waals surface area contributed by atoms with Crippen LogP contribution in [-0.4, -0.2) is 58.6 Å². The summed E-state index contributed by atoms with van der Waals surface area (Å²) in [5, 5.41) is 18.9. The molecule has 0 unspecified atom stereocenters. The van der Waals surface area contributed by atoms with Crippen molar-refractivity contribution in [3.05, 3.63) is 35.9 Å². The summed E-state index contributed by atoms with van der Waals surface area (Å²) in [5.74, 6) is -0.922. The fourth-order valence-electron chi connectivity index (χ4n) is 2.43. The molecule has 0 spiro atoms. The number of piperidine rings is 1. The number of carbonyl (C=O) groups is 1. The van der Waals surface area contributed by atoms with Crippen LogP contribution < -0.4 is 0 Å². The van der Waals surface area contributed by atoms with E-state index in [0.717, 1.165) is 19.6 Å². The summed E-state index contributed by atoms with van der Waals surface area (Å²) >= 11 is 0. The molecule has 1 aliphatic rings. The second-order valence-electron chi connectivity index (χ2n) is 5.06. The number of rotatable bonds is 4. The Balaban J connectivity index is 0.00000180. The third kappa shape index (κ3) is 5.00. The molecule has 1 aromatic rings. The summed E-state index contributed by atoms with van der Waals surface area (Å²) in [6.45, 7) is 2.36. The molecule has 0 atom stereocenters. The SMILES string of the molecule is O=C(O)CC1(O)CCN(Cc2ccccc2)CC1.[LiH]. The summed E-state index contributed by atoms with van der Waals surface area (Å²) in [5.41, 5.74) is 0.236. The van der Waals surface area contributed by atoms with Crippen molar-refractivity contribution < 1.29 is 15.0 Å². The molecule has 4 nitrogen and oxygen atoms in total. The Hall–Kier alpha value is -0.793. The third-order valence-electron chi connectivity index (χ3n) is 3.52. The Morgan fingerprint density at radius 3 is 2.32 bits per heavy atom. The van der Waals surface area contributed by atoms with Crippen LogP contribution in [0, 0.1) is 0 Å². The van der Waals surface area contributed by atoms with Gasteiger partial charge in [0.2, 0.25) is 0 Å². The average Bonchev–Trinajstić information content (AvgIpc) is 2.33. The van der Waals surface area contributed by atoms with Gasteiger partial charge in [-0.2, -0.15) is 0 Å². The summed E-state index contributed by atoms with van der Waals surface area (Å²) in [7, 11) is 0. The van der Waals surface area contributed by atoms with Crippen molar-refractivity contribution in [3.8, 4) is 0 Å². The van der Waals surface area contributed by atoms with Crippen molar-refractivity contribution in [2.24, 2.45) is 0 Å². The molecular weight excluding hydrogens is 237 g/mol. The first-order valence-electron chi connectivity index (χ1n) is 6.28. The predicted octanol–water partition coefficient (Wildman–Crippen LogP) is 0.840. The number of likely N-dealkylation sites (tertiary alicyclic amines) is 1. The number of carboxylic acids is 1. The van der Waals surface area contributed by atoms with E-state index in [1.165, 1.54) is 5.56 Å². The normalized spacial score (nSPS) is 18.6. The van der Waals surface area contributed by atoms with Gasteiger partial charge < -0.3 is 10.2 Å². The second-order valence-corrected chi connectivity index (χ2v) is 5.06. The van der Waals surface area contributed by atoms with Gasteiger partial charge in [-0.1, -0.05) is 30.3 Å². The molecule has 1 fully saturated rings. The quantitative estimate of drug-likeness (QED) is 0.785. The number of aliphatic hydroxyl groups is 1. The number of hydrogen-bond donors (Lipinski definition) is 2. The standard InChI is InChI=1S/C14H19NO3.Li.H/c16-13(17)10-14(18)6-8-15(9-7-14)11-12-4-2-1-3-5-12;;/h1-5,18H,6-11H2,(H,16,17);;. The second kappa shape index (κ2) is 7.11. The molecule has 0 radical (unpaired) electrons. The van der Waals surface area contributed by atoms with Gasteiger partial charge in [-0.25, -0.2) is 0 Å². The van der Waals surface area contributed by atoms with E-state index in [1.54, 1.807) is 0 Å². The third-order valence-corrected chi connectivity index (χ3v) is 3.52. The zero-order chi connectivity index (χ0) is 13.0. The molecule has 0 amide bonds. The number of aliphatic carboxylic acids is 1. The van der Waals surface area contributed by atoms with E-state index in [4.69, 9.17) is 5.11 Å². The van der Waals surface area contributed by atoms with E-state index in [9.17, 15) is 9.90 Å². The molecule has 0 saturated carbocycles. The Bertz CT molecular complexity index is 402. The minimum absolute atomic E-state index is 0. The van der Waals surface area contributed by atoms with Crippen molar-refractivity contribution >= 4 is 24.8 Å². The summed E-state index contributed by atoms with van der Waals surface area (Å²) in [6, 6.07) is 10.2. The van der Waals surface area contributed by atoms with Gasteiger partial charge >= 0.3 is 24.8 Å². The Morgan fingerprint density at radius 2 is 1.79 bits per heavy atom. The van der Waals surface area contributed by atoms with E-state index in [2.05, 4.69) is 17.0 Å². The molecule has 1 heterocycles. The topological polar surface area (TPSA) is 60.8 Å². The van der Waals surface area contributed by atoms with E-state index in [-0.39, 0.29) is 25.3 Å². The van der Waals surface area contributed by atoms with Crippen LogP contribution in [-0.2, 0) is 11.3 Å². The van der Waals surface area contributed by atoms with Crippen molar-refractivity contribution in [2.75, 3.05) is 13.1 Å². The zero-order valence-electron chi connectivity index (χ0n) is 10.4. The average molecular weight is 257 g/mol. The summed E-state index contributed by atoms with van der Waals surface area (Å²) in [6.07, 6.45) is 0.921. The number of carboxylic acid groups (broad SMARTS) is 1. The van der Waals surface area contributed by atoms with Gasteiger partial charge in [0.15, 0.2) is 0 Å². The summed E-state index contributed by atoms with van der Waals surface area (Å²) < 4.78 is 0. The van der Waals surface area contributed by atoms with Gasteiger partial charge in [-0.3, -0.25) is 9.69 Å². The molecule has 19 heavy (non-hydrogen) atoms. The van der Waals surface area contributed by atoms with Gasteiger partial charge in [0.1, 0.15) is 0 Å². The summed E-state index contributed by atoms with van der Waals surface area (Å²) in [4.78, 5) is 12.9. The number of hydrogen-bond acceptors (Lipinski definition) is 3. The molecule has 1 saturated heterocycles.